The van der Waals surface area contributed by atoms with Gasteiger partial charge in [0, 0.05) is 35.5 Å². The summed E-state index contributed by atoms with van der Waals surface area (Å²) < 4.78 is 0. The summed E-state index contributed by atoms with van der Waals surface area (Å²) in [5, 5.41) is 11.1. The predicted molar refractivity (Wildman–Crippen MR) is 92.8 cm³/mol. The molecule has 0 saturated carbocycles. The van der Waals surface area contributed by atoms with E-state index in [2.05, 4.69) is 41.8 Å². The van der Waals surface area contributed by atoms with E-state index in [1.54, 1.807) is 0 Å². The Morgan fingerprint density at radius 1 is 1.35 bits per heavy atom. The molecule has 1 N–H and O–H groups in total. The van der Waals surface area contributed by atoms with Crippen LogP contribution in [0.2, 0.25) is 0 Å². The quantitative estimate of drug-likeness (QED) is 0.639. The van der Waals surface area contributed by atoms with Gasteiger partial charge in [-0.15, -0.1) is 11.8 Å². The molecule has 4 heteroatoms. The first-order valence-electron chi connectivity index (χ1n) is 7.25. The molecule has 1 atom stereocenters. The molecule has 1 fully saturated rings. The standard InChI is InChI=1S/C16H25NOS2/c1-16(2,18)14-4-3-9-17(10-14)15-7-5-13(6-8-15)11-20-12-19/h5-8,14,18-19H,3-4,9-12H2,1-2H3/t14-/m1/s1. The average Bonchev–Trinajstić information content (AvgIpc) is 2.45. The lowest BCUT2D eigenvalue weighted by Crippen LogP contribution is -2.44. The van der Waals surface area contributed by atoms with Crippen molar-refractivity contribution in [3.05, 3.63) is 29.8 Å². The summed E-state index contributed by atoms with van der Waals surface area (Å²) in [4.78, 5) is 2.40. The van der Waals surface area contributed by atoms with E-state index in [0.717, 1.165) is 36.8 Å². The van der Waals surface area contributed by atoms with Crippen LogP contribution in [-0.4, -0.2) is 28.9 Å². The maximum atomic E-state index is 10.2. The van der Waals surface area contributed by atoms with Gasteiger partial charge in [0.15, 0.2) is 0 Å². The van der Waals surface area contributed by atoms with E-state index in [0.29, 0.717) is 5.92 Å². The van der Waals surface area contributed by atoms with Crippen LogP contribution in [0.5, 0.6) is 0 Å². The number of nitrogens with zero attached hydrogens (tertiary/aromatic N) is 1. The van der Waals surface area contributed by atoms with Gasteiger partial charge in [0.2, 0.25) is 0 Å². The molecule has 0 radical (unpaired) electrons. The van der Waals surface area contributed by atoms with Crippen LogP contribution in [0.3, 0.4) is 0 Å². The third-order valence-electron chi connectivity index (χ3n) is 4.08. The van der Waals surface area contributed by atoms with Crippen LogP contribution in [0.1, 0.15) is 32.3 Å². The second-order valence-electron chi connectivity index (χ2n) is 6.08. The molecule has 0 aliphatic carbocycles. The molecule has 1 saturated heterocycles. The molecule has 0 aromatic heterocycles. The zero-order chi connectivity index (χ0) is 14.6. The Morgan fingerprint density at radius 3 is 2.65 bits per heavy atom. The van der Waals surface area contributed by atoms with Crippen molar-refractivity contribution in [2.45, 2.75) is 38.0 Å². The number of anilines is 1. The van der Waals surface area contributed by atoms with Gasteiger partial charge >= 0.3 is 0 Å². The summed E-state index contributed by atoms with van der Waals surface area (Å²) in [6.07, 6.45) is 2.28. The molecule has 0 bridgehead atoms. The number of thiol groups is 1. The predicted octanol–water partition coefficient (Wildman–Crippen LogP) is 3.79. The molecule has 1 aromatic carbocycles. The minimum absolute atomic E-state index is 0.357. The third-order valence-corrected chi connectivity index (χ3v) is 5.35. The largest absolute Gasteiger partial charge is 0.390 e. The maximum Gasteiger partial charge on any atom is 0.0636 e. The Labute approximate surface area is 132 Å². The lowest BCUT2D eigenvalue weighted by Gasteiger charge is -2.39. The fraction of sp³-hybridized carbons (Fsp3) is 0.625. The van der Waals surface area contributed by atoms with Crippen molar-refractivity contribution >= 4 is 30.1 Å². The van der Waals surface area contributed by atoms with E-state index in [4.69, 9.17) is 0 Å². The molecule has 2 nitrogen and oxygen atoms in total. The first kappa shape index (κ1) is 16.1. The molecule has 0 spiro atoms. The van der Waals surface area contributed by atoms with E-state index in [9.17, 15) is 5.11 Å². The number of aliphatic hydroxyl groups is 1. The number of hydrogen-bond acceptors (Lipinski definition) is 4. The Balaban J connectivity index is 2.00. The molecule has 0 unspecified atom stereocenters. The topological polar surface area (TPSA) is 23.5 Å². The van der Waals surface area contributed by atoms with Crippen LogP contribution >= 0.6 is 24.4 Å². The van der Waals surface area contributed by atoms with E-state index in [1.807, 2.05) is 25.6 Å². The summed E-state index contributed by atoms with van der Waals surface area (Å²) >= 11 is 6.05. The monoisotopic (exact) mass is 311 g/mol. The number of piperidine rings is 1. The first-order chi connectivity index (χ1) is 9.50. The van der Waals surface area contributed by atoms with Crippen molar-refractivity contribution in [3.63, 3.8) is 0 Å². The number of thioether (sulfide) groups is 1. The van der Waals surface area contributed by atoms with Gasteiger partial charge in [-0.1, -0.05) is 12.1 Å². The highest BCUT2D eigenvalue weighted by Gasteiger charge is 2.31. The van der Waals surface area contributed by atoms with Crippen LogP contribution in [-0.2, 0) is 5.75 Å². The molecule has 112 valence electrons. The smallest absolute Gasteiger partial charge is 0.0636 e. The van der Waals surface area contributed by atoms with Crippen LogP contribution in [0, 0.1) is 5.92 Å². The lowest BCUT2D eigenvalue weighted by atomic mass is 9.84. The molecule has 20 heavy (non-hydrogen) atoms. The van der Waals surface area contributed by atoms with Gasteiger partial charge in [0.1, 0.15) is 0 Å². The minimum atomic E-state index is -0.582. The number of rotatable bonds is 5. The SMILES string of the molecule is CC(C)(O)[C@@H]1CCCN(c2ccc(CSCS)cc2)C1. The van der Waals surface area contributed by atoms with Gasteiger partial charge in [0.25, 0.3) is 0 Å². The minimum Gasteiger partial charge on any atom is -0.390 e. The molecule has 1 heterocycles. The van der Waals surface area contributed by atoms with Crippen molar-refractivity contribution in [2.24, 2.45) is 5.92 Å². The molecular weight excluding hydrogens is 286 g/mol. The van der Waals surface area contributed by atoms with E-state index in [1.165, 1.54) is 11.3 Å². The molecule has 1 aliphatic rings. The molecule has 1 aliphatic heterocycles. The summed E-state index contributed by atoms with van der Waals surface area (Å²) in [5.41, 5.74) is 2.05. The fourth-order valence-corrected chi connectivity index (χ4v) is 3.55. The zero-order valence-electron chi connectivity index (χ0n) is 12.4. The Hall–Kier alpha value is -0.320. The Morgan fingerprint density at radius 2 is 2.05 bits per heavy atom. The molecule has 2 rings (SSSR count). The van der Waals surface area contributed by atoms with Crippen LogP contribution in [0.15, 0.2) is 24.3 Å². The number of benzene rings is 1. The highest BCUT2D eigenvalue weighted by atomic mass is 32.2. The average molecular weight is 312 g/mol. The van der Waals surface area contributed by atoms with E-state index < -0.39 is 5.60 Å². The van der Waals surface area contributed by atoms with Gasteiger partial charge < -0.3 is 10.0 Å². The summed E-state index contributed by atoms with van der Waals surface area (Å²) in [5.74, 6) is 1.38. The maximum absolute atomic E-state index is 10.2. The molecule has 0 amide bonds. The summed E-state index contributed by atoms with van der Waals surface area (Å²) in [6, 6.07) is 8.83. The number of hydrogen-bond donors (Lipinski definition) is 2. The second-order valence-corrected chi connectivity index (χ2v) is 7.81. The van der Waals surface area contributed by atoms with Gasteiger partial charge in [-0.2, -0.15) is 12.6 Å². The van der Waals surface area contributed by atoms with Gasteiger partial charge in [-0.05, 0) is 44.4 Å². The Bertz CT molecular complexity index is 413. The third kappa shape index (κ3) is 4.34. The van der Waals surface area contributed by atoms with Gasteiger partial charge in [0.05, 0.1) is 5.60 Å². The highest BCUT2D eigenvalue weighted by molar-refractivity contribution is 8.08. The van der Waals surface area contributed by atoms with Gasteiger partial charge in [-0.25, -0.2) is 0 Å². The Kier molecular flexibility index (Phi) is 5.70. The van der Waals surface area contributed by atoms with Crippen molar-refractivity contribution < 1.29 is 5.11 Å². The van der Waals surface area contributed by atoms with E-state index >= 15 is 0 Å². The fourth-order valence-electron chi connectivity index (χ4n) is 2.75. The van der Waals surface area contributed by atoms with Crippen LogP contribution < -0.4 is 4.90 Å². The first-order valence-corrected chi connectivity index (χ1v) is 9.04. The van der Waals surface area contributed by atoms with Gasteiger partial charge in [-0.3, -0.25) is 0 Å². The van der Waals surface area contributed by atoms with Crippen molar-refractivity contribution in [3.8, 4) is 0 Å². The summed E-state index contributed by atoms with van der Waals surface area (Å²) in [6.45, 7) is 5.91. The second kappa shape index (κ2) is 7.10. The van der Waals surface area contributed by atoms with Crippen LogP contribution in [0.4, 0.5) is 5.69 Å². The van der Waals surface area contributed by atoms with Crippen molar-refractivity contribution in [1.82, 2.24) is 0 Å². The molecule has 1 aromatic rings. The normalized spacial score (nSPS) is 20.2. The zero-order valence-corrected chi connectivity index (χ0v) is 14.1. The van der Waals surface area contributed by atoms with Crippen molar-refractivity contribution in [2.75, 3.05) is 23.1 Å². The molecular formula is C16H25NOS2. The summed E-state index contributed by atoms with van der Waals surface area (Å²) in [7, 11) is 0. The van der Waals surface area contributed by atoms with E-state index in [-0.39, 0.29) is 0 Å². The van der Waals surface area contributed by atoms with Crippen LogP contribution in [0.25, 0.3) is 0 Å². The lowest BCUT2D eigenvalue weighted by molar-refractivity contribution is 0.0110. The highest BCUT2D eigenvalue weighted by Crippen LogP contribution is 2.30. The van der Waals surface area contributed by atoms with Crippen molar-refractivity contribution in [1.29, 1.82) is 0 Å².